The van der Waals surface area contributed by atoms with Crippen LogP contribution in [0.1, 0.15) is 11.1 Å². The number of thioether (sulfide) groups is 1. The molecule has 3 aromatic rings. The van der Waals surface area contributed by atoms with Gasteiger partial charge in [0.05, 0.1) is 11.6 Å². The van der Waals surface area contributed by atoms with E-state index in [2.05, 4.69) is 32.5 Å². The Bertz CT molecular complexity index is 932. The van der Waals surface area contributed by atoms with Gasteiger partial charge < -0.3 is 5.32 Å². The largest absolute Gasteiger partial charge is 0.339 e. The third-order valence-electron chi connectivity index (χ3n) is 2.95. The minimum Gasteiger partial charge on any atom is -0.339 e. The molecule has 0 fully saturated rings. The van der Waals surface area contributed by atoms with Crippen LogP contribution in [0.4, 0.5) is 11.5 Å². The number of hydrogen-bond donors (Lipinski definition) is 1. The van der Waals surface area contributed by atoms with Crippen molar-refractivity contribution in [3.63, 3.8) is 0 Å². The predicted molar refractivity (Wildman–Crippen MR) is 81.7 cm³/mol. The van der Waals surface area contributed by atoms with Crippen LogP contribution in [-0.4, -0.2) is 25.8 Å². The van der Waals surface area contributed by atoms with Crippen molar-refractivity contribution in [2.75, 3.05) is 11.6 Å². The number of hydrogen-bond acceptors (Lipinski definition) is 7. The van der Waals surface area contributed by atoms with E-state index < -0.39 is 0 Å². The lowest BCUT2D eigenvalue weighted by atomic mass is 10.2. The van der Waals surface area contributed by atoms with Crippen molar-refractivity contribution in [2.24, 2.45) is 0 Å². The van der Waals surface area contributed by atoms with E-state index in [0.717, 1.165) is 0 Å². The molecule has 0 saturated carbocycles. The van der Waals surface area contributed by atoms with Gasteiger partial charge in [0.1, 0.15) is 23.0 Å². The molecular weight excluding hydrogens is 298 g/mol. The minimum absolute atomic E-state index is 0.382. The van der Waals surface area contributed by atoms with E-state index in [1.54, 1.807) is 18.2 Å². The molecule has 106 valence electrons. The highest BCUT2D eigenvalue weighted by Gasteiger charge is 2.16. The van der Waals surface area contributed by atoms with E-state index >= 15 is 0 Å². The maximum Gasteiger partial charge on any atom is 0.255 e. The van der Waals surface area contributed by atoms with Crippen molar-refractivity contribution in [3.8, 4) is 12.1 Å². The summed E-state index contributed by atoms with van der Waals surface area (Å²) in [6.07, 6.45) is 3.22. The lowest BCUT2D eigenvalue weighted by Gasteiger charge is -2.11. The fourth-order valence-corrected chi connectivity index (χ4v) is 2.51. The van der Waals surface area contributed by atoms with Crippen LogP contribution in [-0.2, 0) is 0 Å². The molecule has 0 aliphatic rings. The Balaban J connectivity index is 2.18. The van der Waals surface area contributed by atoms with Crippen molar-refractivity contribution in [1.82, 2.24) is 19.6 Å². The summed E-state index contributed by atoms with van der Waals surface area (Å²) >= 11 is 1.36. The minimum atomic E-state index is 0.382. The number of anilines is 2. The van der Waals surface area contributed by atoms with Crippen LogP contribution >= 0.6 is 11.8 Å². The van der Waals surface area contributed by atoms with Gasteiger partial charge in [0.2, 0.25) is 0 Å². The van der Waals surface area contributed by atoms with Gasteiger partial charge >= 0.3 is 0 Å². The van der Waals surface area contributed by atoms with Gasteiger partial charge in [-0.15, -0.1) is 11.8 Å². The highest BCUT2D eigenvalue weighted by molar-refractivity contribution is 7.98. The first-order valence-corrected chi connectivity index (χ1v) is 7.44. The van der Waals surface area contributed by atoms with E-state index in [1.807, 2.05) is 12.3 Å². The lowest BCUT2D eigenvalue weighted by Crippen LogP contribution is -2.06. The Morgan fingerprint density at radius 2 is 2.14 bits per heavy atom. The second kappa shape index (κ2) is 5.72. The van der Waals surface area contributed by atoms with Crippen molar-refractivity contribution < 1.29 is 0 Å². The summed E-state index contributed by atoms with van der Waals surface area (Å²) in [5, 5.41) is 26.2. The van der Waals surface area contributed by atoms with Crippen molar-refractivity contribution in [2.45, 2.75) is 5.03 Å². The topological polar surface area (TPSA) is 103 Å². The quantitative estimate of drug-likeness (QED) is 0.585. The molecular formula is C14H9N7S. The summed E-state index contributed by atoms with van der Waals surface area (Å²) in [4.78, 5) is 8.36. The highest BCUT2D eigenvalue weighted by Crippen LogP contribution is 2.27. The van der Waals surface area contributed by atoms with E-state index in [1.165, 1.54) is 22.6 Å². The molecule has 8 heteroatoms. The molecule has 0 spiro atoms. The molecule has 7 nitrogen and oxygen atoms in total. The van der Waals surface area contributed by atoms with Gasteiger partial charge in [-0.1, -0.05) is 6.07 Å². The number of nitrogens with zero attached hydrogens (tertiary/aromatic N) is 6. The van der Waals surface area contributed by atoms with E-state index in [0.29, 0.717) is 33.4 Å². The van der Waals surface area contributed by atoms with Crippen LogP contribution in [0.15, 0.2) is 35.6 Å². The van der Waals surface area contributed by atoms with Gasteiger partial charge in [-0.25, -0.2) is 4.98 Å². The Labute approximate surface area is 130 Å². The molecule has 1 N–H and O–H groups in total. The Morgan fingerprint density at radius 3 is 2.86 bits per heavy atom. The van der Waals surface area contributed by atoms with E-state index in [-0.39, 0.29) is 0 Å². The Hall–Kier alpha value is -3.10. The molecule has 0 aliphatic carbocycles. The average Bonchev–Trinajstić information content (AvgIpc) is 3.03. The highest BCUT2D eigenvalue weighted by atomic mass is 32.2. The summed E-state index contributed by atoms with van der Waals surface area (Å²) in [7, 11) is 0. The summed E-state index contributed by atoms with van der Waals surface area (Å²) in [5.74, 6) is 0.881. The molecule has 0 amide bonds. The van der Waals surface area contributed by atoms with Gasteiger partial charge in [-0.05, 0) is 24.5 Å². The molecule has 0 radical (unpaired) electrons. The standard InChI is InChI=1S/C14H9N7S/c1-22-13-11(7-16)12(21-14(20-13)17-8-18-21)19-10-4-2-3-9(5-10)6-15/h2-5,8,19H,1H3. The van der Waals surface area contributed by atoms with Crippen molar-refractivity contribution >= 4 is 29.0 Å². The summed E-state index contributed by atoms with van der Waals surface area (Å²) in [5.41, 5.74) is 1.59. The number of nitriles is 2. The molecule has 0 bridgehead atoms. The van der Waals surface area contributed by atoms with Crippen LogP contribution in [0.3, 0.4) is 0 Å². The second-order valence-electron chi connectivity index (χ2n) is 4.25. The van der Waals surface area contributed by atoms with Gasteiger partial charge in [0, 0.05) is 5.69 Å². The van der Waals surface area contributed by atoms with Gasteiger partial charge in [-0.2, -0.15) is 25.1 Å². The Morgan fingerprint density at radius 1 is 1.27 bits per heavy atom. The summed E-state index contributed by atoms with van der Waals surface area (Å²) in [6.45, 7) is 0. The molecule has 0 atom stereocenters. The third kappa shape index (κ3) is 2.32. The molecule has 2 heterocycles. The zero-order chi connectivity index (χ0) is 15.5. The molecule has 0 aliphatic heterocycles. The first kappa shape index (κ1) is 13.9. The first-order chi connectivity index (χ1) is 10.8. The molecule has 0 unspecified atom stereocenters. The zero-order valence-corrected chi connectivity index (χ0v) is 12.3. The smallest absolute Gasteiger partial charge is 0.255 e. The van der Waals surface area contributed by atoms with E-state index in [9.17, 15) is 5.26 Å². The number of rotatable bonds is 3. The van der Waals surface area contributed by atoms with Crippen LogP contribution in [0.2, 0.25) is 0 Å². The maximum atomic E-state index is 9.45. The van der Waals surface area contributed by atoms with Crippen LogP contribution in [0.25, 0.3) is 5.78 Å². The predicted octanol–water partition coefficient (Wildman–Crippen LogP) is 2.33. The molecule has 2 aromatic heterocycles. The normalized spacial score (nSPS) is 10.1. The molecule has 1 aromatic carbocycles. The summed E-state index contributed by atoms with van der Waals surface area (Å²) < 4.78 is 1.47. The van der Waals surface area contributed by atoms with E-state index in [4.69, 9.17) is 5.26 Å². The lowest BCUT2D eigenvalue weighted by molar-refractivity contribution is 0.915. The third-order valence-corrected chi connectivity index (χ3v) is 3.64. The zero-order valence-electron chi connectivity index (χ0n) is 11.5. The number of fused-ring (bicyclic) bond motifs is 1. The second-order valence-corrected chi connectivity index (χ2v) is 5.04. The van der Waals surface area contributed by atoms with Crippen LogP contribution < -0.4 is 5.32 Å². The molecule has 22 heavy (non-hydrogen) atoms. The van der Waals surface area contributed by atoms with Gasteiger partial charge in [0.15, 0.2) is 5.82 Å². The monoisotopic (exact) mass is 307 g/mol. The van der Waals surface area contributed by atoms with Crippen molar-refractivity contribution in [1.29, 1.82) is 10.5 Å². The number of benzene rings is 1. The summed E-state index contributed by atoms with van der Waals surface area (Å²) in [6, 6.07) is 11.2. The Kier molecular flexibility index (Phi) is 3.60. The van der Waals surface area contributed by atoms with Crippen molar-refractivity contribution in [3.05, 3.63) is 41.7 Å². The number of nitrogens with one attached hydrogen (secondary N) is 1. The molecule has 0 saturated heterocycles. The average molecular weight is 307 g/mol. The maximum absolute atomic E-state index is 9.45. The fraction of sp³-hybridized carbons (Fsp3) is 0.0714. The fourth-order valence-electron chi connectivity index (χ4n) is 1.99. The SMILES string of the molecule is CSc1nc2ncnn2c(Nc2cccc(C#N)c2)c1C#N. The van der Waals surface area contributed by atoms with Gasteiger partial charge in [0.25, 0.3) is 5.78 Å². The van der Waals surface area contributed by atoms with Crippen LogP contribution in [0.5, 0.6) is 0 Å². The van der Waals surface area contributed by atoms with Crippen LogP contribution in [0, 0.1) is 22.7 Å². The van der Waals surface area contributed by atoms with Gasteiger partial charge in [-0.3, -0.25) is 0 Å². The number of aromatic nitrogens is 4. The molecule has 3 rings (SSSR count). The first-order valence-electron chi connectivity index (χ1n) is 6.22.